The van der Waals surface area contributed by atoms with Gasteiger partial charge in [0.05, 0.1) is 34.4 Å². The van der Waals surface area contributed by atoms with Gasteiger partial charge in [-0.2, -0.15) is 13.2 Å². The highest BCUT2D eigenvalue weighted by atomic mass is 35.5. The molecule has 0 spiro atoms. The molecule has 1 saturated heterocycles. The van der Waals surface area contributed by atoms with Crippen molar-refractivity contribution in [3.63, 3.8) is 0 Å². The van der Waals surface area contributed by atoms with Crippen molar-refractivity contribution in [1.29, 1.82) is 0 Å². The number of benzene rings is 2. The maximum absolute atomic E-state index is 13.2. The summed E-state index contributed by atoms with van der Waals surface area (Å²) in [6.07, 6.45) is -4.52. The summed E-state index contributed by atoms with van der Waals surface area (Å²) < 4.78 is 44.8. The van der Waals surface area contributed by atoms with Gasteiger partial charge >= 0.3 is 18.2 Å². The molecule has 2 aliphatic heterocycles. The van der Waals surface area contributed by atoms with Crippen LogP contribution in [-0.2, 0) is 15.7 Å². The quantitative estimate of drug-likeness (QED) is 0.481. The van der Waals surface area contributed by atoms with Crippen LogP contribution in [0.15, 0.2) is 59.8 Å². The van der Waals surface area contributed by atoms with Crippen molar-refractivity contribution in [2.75, 3.05) is 45.9 Å². The van der Waals surface area contributed by atoms with E-state index in [-0.39, 0.29) is 31.2 Å². The molecule has 0 aromatic heterocycles. The number of amides is 3. The molecule has 3 amide bonds. The normalized spacial score (nSPS) is 18.6. The summed E-state index contributed by atoms with van der Waals surface area (Å²) in [6, 6.07) is 9.73. The molecule has 8 nitrogen and oxygen atoms in total. The van der Waals surface area contributed by atoms with Gasteiger partial charge in [-0.15, -0.1) is 0 Å². The Hall–Kier alpha value is -3.57. The van der Waals surface area contributed by atoms with Crippen molar-refractivity contribution < 1.29 is 32.3 Å². The minimum Gasteiger partial charge on any atom is -0.463 e. The molecule has 2 aromatic carbocycles. The van der Waals surface area contributed by atoms with Crippen LogP contribution in [0, 0.1) is 0 Å². The van der Waals surface area contributed by atoms with Gasteiger partial charge in [0.2, 0.25) is 0 Å². The van der Waals surface area contributed by atoms with E-state index in [1.165, 1.54) is 17.0 Å². The van der Waals surface area contributed by atoms with E-state index in [1.807, 2.05) is 4.90 Å². The van der Waals surface area contributed by atoms with Crippen LogP contribution in [0.1, 0.15) is 41.4 Å². The van der Waals surface area contributed by atoms with Crippen molar-refractivity contribution in [2.45, 2.75) is 26.1 Å². The fourth-order valence-corrected chi connectivity index (χ4v) is 5.11. The maximum Gasteiger partial charge on any atom is 0.416 e. The van der Waals surface area contributed by atoms with E-state index < -0.39 is 29.8 Å². The van der Waals surface area contributed by atoms with Gasteiger partial charge in [-0.1, -0.05) is 35.9 Å². The number of alkyl halides is 3. The average Bonchev–Trinajstić information content (AvgIpc) is 2.93. The van der Waals surface area contributed by atoms with Gasteiger partial charge in [-0.05, 0) is 43.7 Å². The van der Waals surface area contributed by atoms with Crippen LogP contribution in [0.2, 0.25) is 5.02 Å². The van der Waals surface area contributed by atoms with E-state index in [0.717, 1.165) is 12.1 Å². The minimum atomic E-state index is -4.52. The standard InChI is InChI=1S/C28H30ClF3N4O4/c1-3-36-22(17-34-13-15-35(16-14-34)25(37)20-7-5-6-8-21(20)29)23(26(38)40-4-2)24(33-27(36)39)18-9-11-19(12-10-18)28(30,31)32/h5-12,24H,3-4,13-17H2,1-2H3,(H,33,39)/t24-/m1/s1. The Kier molecular flexibility index (Phi) is 9.05. The van der Waals surface area contributed by atoms with Gasteiger partial charge in [0, 0.05) is 45.0 Å². The summed E-state index contributed by atoms with van der Waals surface area (Å²) in [5, 5.41) is 3.13. The van der Waals surface area contributed by atoms with Crippen LogP contribution in [0.3, 0.4) is 0 Å². The number of likely N-dealkylation sites (N-methyl/N-ethyl adjacent to an activating group) is 1. The van der Waals surface area contributed by atoms with E-state index in [1.54, 1.807) is 43.0 Å². The first-order chi connectivity index (χ1) is 19.0. The average molecular weight is 579 g/mol. The summed E-state index contributed by atoms with van der Waals surface area (Å²) >= 11 is 6.20. The summed E-state index contributed by atoms with van der Waals surface area (Å²) in [5.41, 5.74) is 0.496. The summed E-state index contributed by atoms with van der Waals surface area (Å²) in [4.78, 5) is 44.5. The molecular formula is C28H30ClF3N4O4. The third kappa shape index (κ3) is 6.26. The Morgan fingerprint density at radius 3 is 2.25 bits per heavy atom. The topological polar surface area (TPSA) is 82.2 Å². The lowest BCUT2D eigenvalue weighted by Gasteiger charge is -2.40. The number of nitrogens with one attached hydrogen (secondary N) is 1. The van der Waals surface area contributed by atoms with Gasteiger partial charge in [0.1, 0.15) is 0 Å². The fourth-order valence-electron chi connectivity index (χ4n) is 4.90. The molecule has 214 valence electrons. The number of carbonyl (C=O) groups is 3. The first-order valence-corrected chi connectivity index (χ1v) is 13.3. The molecular weight excluding hydrogens is 549 g/mol. The molecule has 1 fully saturated rings. The van der Waals surface area contributed by atoms with Crippen LogP contribution in [0.25, 0.3) is 0 Å². The molecule has 2 aromatic rings. The van der Waals surface area contributed by atoms with E-state index >= 15 is 0 Å². The lowest BCUT2D eigenvalue weighted by atomic mass is 9.93. The first-order valence-electron chi connectivity index (χ1n) is 13.0. The number of nitrogens with zero attached hydrogens (tertiary/aromatic N) is 3. The molecule has 40 heavy (non-hydrogen) atoms. The number of piperazine rings is 1. The molecule has 2 aliphatic rings. The van der Waals surface area contributed by atoms with Crippen LogP contribution in [0.4, 0.5) is 18.0 Å². The van der Waals surface area contributed by atoms with Gasteiger partial charge < -0.3 is 15.0 Å². The highest BCUT2D eigenvalue weighted by Gasteiger charge is 2.39. The second-order valence-corrected chi connectivity index (χ2v) is 9.78. The Morgan fingerprint density at radius 1 is 1.02 bits per heavy atom. The second-order valence-electron chi connectivity index (χ2n) is 9.38. The van der Waals surface area contributed by atoms with Crippen molar-refractivity contribution in [3.05, 3.63) is 81.5 Å². The molecule has 0 saturated carbocycles. The second kappa shape index (κ2) is 12.3. The van der Waals surface area contributed by atoms with E-state index in [2.05, 4.69) is 5.32 Å². The summed E-state index contributed by atoms with van der Waals surface area (Å²) in [5.74, 6) is -0.834. The number of hydrogen-bond acceptors (Lipinski definition) is 5. The summed E-state index contributed by atoms with van der Waals surface area (Å²) in [7, 11) is 0. The maximum atomic E-state index is 13.2. The Morgan fingerprint density at radius 2 is 1.68 bits per heavy atom. The van der Waals surface area contributed by atoms with Crippen molar-refractivity contribution in [2.24, 2.45) is 0 Å². The smallest absolute Gasteiger partial charge is 0.416 e. The molecule has 1 atom stereocenters. The molecule has 0 aliphatic carbocycles. The molecule has 1 N–H and O–H groups in total. The van der Waals surface area contributed by atoms with Crippen LogP contribution >= 0.6 is 11.6 Å². The van der Waals surface area contributed by atoms with Crippen molar-refractivity contribution in [3.8, 4) is 0 Å². The Bertz CT molecular complexity index is 1290. The zero-order valence-corrected chi connectivity index (χ0v) is 22.9. The number of urea groups is 1. The molecule has 12 heteroatoms. The van der Waals surface area contributed by atoms with E-state index in [0.29, 0.717) is 48.0 Å². The zero-order valence-electron chi connectivity index (χ0n) is 22.1. The van der Waals surface area contributed by atoms with Gasteiger partial charge in [0.25, 0.3) is 5.91 Å². The number of esters is 1. The van der Waals surface area contributed by atoms with Gasteiger partial charge in [-0.3, -0.25) is 14.6 Å². The third-order valence-electron chi connectivity index (χ3n) is 6.96. The predicted molar refractivity (Wildman–Crippen MR) is 143 cm³/mol. The number of ether oxygens (including phenoxy) is 1. The number of carbonyl (C=O) groups excluding carboxylic acids is 3. The molecule has 0 bridgehead atoms. The Labute approximate surface area is 235 Å². The van der Waals surface area contributed by atoms with Gasteiger partial charge in [0.15, 0.2) is 0 Å². The highest BCUT2D eigenvalue weighted by molar-refractivity contribution is 6.33. The molecule has 2 heterocycles. The first kappa shape index (κ1) is 29.4. The van der Waals surface area contributed by atoms with Crippen LogP contribution in [-0.4, -0.2) is 78.5 Å². The monoisotopic (exact) mass is 578 g/mol. The molecule has 0 radical (unpaired) electrons. The van der Waals surface area contributed by atoms with Crippen molar-refractivity contribution in [1.82, 2.24) is 20.0 Å². The number of halogens is 4. The highest BCUT2D eigenvalue weighted by Crippen LogP contribution is 2.35. The number of rotatable bonds is 7. The van der Waals surface area contributed by atoms with E-state index in [9.17, 15) is 27.6 Å². The van der Waals surface area contributed by atoms with E-state index in [4.69, 9.17) is 16.3 Å². The number of hydrogen-bond donors (Lipinski definition) is 1. The zero-order chi connectivity index (χ0) is 29.0. The lowest BCUT2D eigenvalue weighted by molar-refractivity contribution is -0.139. The van der Waals surface area contributed by atoms with Crippen molar-refractivity contribution >= 4 is 29.5 Å². The molecule has 0 unspecified atom stereocenters. The SMILES string of the molecule is CCOC(=O)C1=C(CN2CCN(C(=O)c3ccccc3Cl)CC2)N(CC)C(=O)N[C@@H]1c1ccc(C(F)(F)F)cc1. The van der Waals surface area contributed by atoms with Crippen LogP contribution < -0.4 is 5.32 Å². The molecule has 4 rings (SSSR count). The third-order valence-corrected chi connectivity index (χ3v) is 7.29. The van der Waals surface area contributed by atoms with Gasteiger partial charge in [-0.25, -0.2) is 9.59 Å². The lowest BCUT2D eigenvalue weighted by Crippen LogP contribution is -2.53. The predicted octanol–water partition coefficient (Wildman–Crippen LogP) is 4.72. The Balaban J connectivity index is 1.61. The summed E-state index contributed by atoms with van der Waals surface area (Å²) in [6.45, 7) is 5.73. The minimum absolute atomic E-state index is 0.0816. The largest absolute Gasteiger partial charge is 0.463 e. The van der Waals surface area contributed by atoms with Crippen LogP contribution in [0.5, 0.6) is 0 Å². The fraction of sp³-hybridized carbons (Fsp3) is 0.393.